The van der Waals surface area contributed by atoms with Crippen molar-refractivity contribution in [3.63, 3.8) is 0 Å². The highest BCUT2D eigenvalue weighted by atomic mass is 16.5. The van der Waals surface area contributed by atoms with Crippen molar-refractivity contribution in [1.29, 1.82) is 0 Å². The van der Waals surface area contributed by atoms with Gasteiger partial charge in [0.15, 0.2) is 0 Å². The van der Waals surface area contributed by atoms with Crippen molar-refractivity contribution >= 4 is 23.5 Å². The molecule has 2 amide bonds. The Morgan fingerprint density at radius 1 is 1.31 bits per heavy atom. The zero-order chi connectivity index (χ0) is 18.7. The van der Waals surface area contributed by atoms with Crippen LogP contribution in [-0.4, -0.2) is 35.8 Å². The van der Waals surface area contributed by atoms with Gasteiger partial charge in [0.1, 0.15) is 11.4 Å². The van der Waals surface area contributed by atoms with Crippen LogP contribution >= 0.6 is 0 Å². The molecule has 2 heterocycles. The summed E-state index contributed by atoms with van der Waals surface area (Å²) in [6.07, 6.45) is 1.85. The normalized spacial score (nSPS) is 19.3. The third-order valence-electron chi connectivity index (χ3n) is 4.23. The molecule has 1 atom stereocenters. The van der Waals surface area contributed by atoms with E-state index in [1.807, 2.05) is 25.1 Å². The lowest BCUT2D eigenvalue weighted by atomic mass is 9.94. The molecule has 0 spiro atoms. The van der Waals surface area contributed by atoms with Gasteiger partial charge in [-0.3, -0.25) is 14.5 Å². The van der Waals surface area contributed by atoms with Gasteiger partial charge in [-0.25, -0.2) is 4.79 Å². The second-order valence-electron chi connectivity index (χ2n) is 6.30. The molecule has 2 aliphatic rings. The maximum atomic E-state index is 12.7. The summed E-state index contributed by atoms with van der Waals surface area (Å²) < 4.78 is 4.92. The summed E-state index contributed by atoms with van der Waals surface area (Å²) in [5.74, 6) is -0.875. The van der Waals surface area contributed by atoms with Crippen LogP contribution in [0.1, 0.15) is 20.3 Å². The van der Waals surface area contributed by atoms with Crippen LogP contribution in [0.2, 0.25) is 0 Å². The van der Waals surface area contributed by atoms with Gasteiger partial charge in [-0.15, -0.1) is 0 Å². The summed E-state index contributed by atoms with van der Waals surface area (Å²) in [5.41, 5.74) is 1.10. The monoisotopic (exact) mass is 355 g/mol. The molecular weight excluding hydrogens is 334 g/mol. The Kier molecular flexibility index (Phi) is 5.06. The molecule has 0 saturated carbocycles. The van der Waals surface area contributed by atoms with Crippen LogP contribution in [0, 0.1) is 5.92 Å². The fourth-order valence-corrected chi connectivity index (χ4v) is 3.06. The number of nitrogens with one attached hydrogen (secondary N) is 2. The molecule has 0 saturated heterocycles. The summed E-state index contributed by atoms with van der Waals surface area (Å²) >= 11 is 0. The van der Waals surface area contributed by atoms with Crippen molar-refractivity contribution in [3.05, 3.63) is 53.5 Å². The topological polar surface area (TPSA) is 87.7 Å². The number of ether oxygens (including phenoxy) is 1. The van der Waals surface area contributed by atoms with Crippen molar-refractivity contribution in [3.8, 4) is 0 Å². The SMILES string of the molecule is CCOC(=O)C1=CNC2=C(C(=O)Nc3ccccc3)CC(C)CN2C1=O. The Morgan fingerprint density at radius 3 is 2.73 bits per heavy atom. The number of anilines is 1. The molecule has 2 aliphatic heterocycles. The minimum Gasteiger partial charge on any atom is -0.462 e. The average Bonchev–Trinajstić information content (AvgIpc) is 2.63. The van der Waals surface area contributed by atoms with E-state index in [1.54, 1.807) is 19.1 Å². The number of hydrogen-bond donors (Lipinski definition) is 2. The third-order valence-corrected chi connectivity index (χ3v) is 4.23. The Bertz CT molecular complexity index is 798. The average molecular weight is 355 g/mol. The van der Waals surface area contributed by atoms with Crippen molar-refractivity contribution < 1.29 is 19.1 Å². The number of nitrogens with zero attached hydrogens (tertiary/aromatic N) is 1. The quantitative estimate of drug-likeness (QED) is 0.635. The van der Waals surface area contributed by atoms with E-state index < -0.39 is 11.9 Å². The maximum absolute atomic E-state index is 12.7. The van der Waals surface area contributed by atoms with Gasteiger partial charge in [0.05, 0.1) is 12.2 Å². The number of fused-ring (bicyclic) bond motifs is 1. The number of hydrogen-bond acceptors (Lipinski definition) is 5. The first-order valence-corrected chi connectivity index (χ1v) is 8.56. The van der Waals surface area contributed by atoms with E-state index in [1.165, 1.54) is 11.1 Å². The molecule has 7 nitrogen and oxygen atoms in total. The lowest BCUT2D eigenvalue weighted by Gasteiger charge is -2.37. The van der Waals surface area contributed by atoms with Crippen molar-refractivity contribution in [2.45, 2.75) is 20.3 Å². The first-order valence-electron chi connectivity index (χ1n) is 8.56. The first-order chi connectivity index (χ1) is 12.5. The predicted molar refractivity (Wildman–Crippen MR) is 95.4 cm³/mol. The molecule has 7 heteroatoms. The molecule has 1 unspecified atom stereocenters. The van der Waals surface area contributed by atoms with Crippen LogP contribution in [0.15, 0.2) is 53.5 Å². The number of amides is 2. The fraction of sp³-hybridized carbons (Fsp3) is 0.316. The van der Waals surface area contributed by atoms with E-state index in [0.717, 1.165) is 0 Å². The van der Waals surface area contributed by atoms with Crippen molar-refractivity contribution in [2.75, 3.05) is 18.5 Å². The summed E-state index contributed by atoms with van der Waals surface area (Å²) in [6.45, 7) is 4.26. The lowest BCUT2D eigenvalue weighted by Crippen LogP contribution is -2.48. The number of para-hydroxylation sites is 1. The fourth-order valence-electron chi connectivity index (χ4n) is 3.06. The van der Waals surface area contributed by atoms with Gasteiger partial charge >= 0.3 is 5.97 Å². The largest absolute Gasteiger partial charge is 0.462 e. The second-order valence-corrected chi connectivity index (χ2v) is 6.30. The van der Waals surface area contributed by atoms with Gasteiger partial charge in [-0.1, -0.05) is 25.1 Å². The van der Waals surface area contributed by atoms with Crippen LogP contribution in [0.5, 0.6) is 0 Å². The molecule has 26 heavy (non-hydrogen) atoms. The molecule has 3 rings (SSSR count). The van der Waals surface area contributed by atoms with E-state index in [4.69, 9.17) is 4.74 Å². The molecule has 0 radical (unpaired) electrons. The van der Waals surface area contributed by atoms with Gasteiger partial charge in [0.25, 0.3) is 11.8 Å². The molecule has 1 aromatic carbocycles. The van der Waals surface area contributed by atoms with E-state index in [0.29, 0.717) is 30.0 Å². The van der Waals surface area contributed by atoms with Gasteiger partial charge in [-0.2, -0.15) is 0 Å². The Morgan fingerprint density at radius 2 is 2.04 bits per heavy atom. The number of carbonyl (C=O) groups is 3. The highest BCUT2D eigenvalue weighted by Gasteiger charge is 2.37. The molecule has 0 fully saturated rings. The predicted octanol–water partition coefficient (Wildman–Crippen LogP) is 1.76. The first kappa shape index (κ1) is 17.7. The minimum absolute atomic E-state index is 0.0625. The molecule has 1 aromatic rings. The number of carbonyl (C=O) groups excluding carboxylic acids is 3. The molecule has 2 N–H and O–H groups in total. The third kappa shape index (κ3) is 3.46. The van der Waals surface area contributed by atoms with Crippen LogP contribution < -0.4 is 10.6 Å². The van der Waals surface area contributed by atoms with Crippen molar-refractivity contribution in [1.82, 2.24) is 10.2 Å². The van der Waals surface area contributed by atoms with Crippen LogP contribution in [0.25, 0.3) is 0 Å². The van der Waals surface area contributed by atoms with E-state index in [2.05, 4.69) is 10.6 Å². The highest BCUT2D eigenvalue weighted by molar-refractivity contribution is 6.17. The molecule has 0 bridgehead atoms. The number of benzene rings is 1. The zero-order valence-electron chi connectivity index (χ0n) is 14.7. The summed E-state index contributed by atoms with van der Waals surface area (Å²) in [6, 6.07) is 9.13. The summed E-state index contributed by atoms with van der Waals surface area (Å²) in [4.78, 5) is 38.8. The molecule has 0 aliphatic carbocycles. The maximum Gasteiger partial charge on any atom is 0.345 e. The number of rotatable bonds is 4. The van der Waals surface area contributed by atoms with E-state index >= 15 is 0 Å². The van der Waals surface area contributed by atoms with E-state index in [-0.39, 0.29) is 24.0 Å². The van der Waals surface area contributed by atoms with E-state index in [9.17, 15) is 14.4 Å². The van der Waals surface area contributed by atoms with Crippen LogP contribution in [-0.2, 0) is 19.1 Å². The zero-order valence-corrected chi connectivity index (χ0v) is 14.7. The molecular formula is C19H21N3O4. The minimum atomic E-state index is -0.669. The standard InChI is InChI=1S/C19H21N3O4/c1-3-26-19(25)15-10-20-16-14(9-12(2)11-22(16)18(15)24)17(23)21-13-7-5-4-6-8-13/h4-8,10,12,20H,3,9,11H2,1-2H3,(H,21,23). The highest BCUT2D eigenvalue weighted by Crippen LogP contribution is 2.29. The van der Waals surface area contributed by atoms with Gasteiger partial charge < -0.3 is 15.4 Å². The van der Waals surface area contributed by atoms with Crippen LogP contribution in [0.3, 0.4) is 0 Å². The van der Waals surface area contributed by atoms with Gasteiger partial charge in [0.2, 0.25) is 0 Å². The smallest absolute Gasteiger partial charge is 0.345 e. The summed E-state index contributed by atoms with van der Waals surface area (Å²) in [5, 5.41) is 5.79. The Balaban J connectivity index is 1.90. The molecule has 136 valence electrons. The lowest BCUT2D eigenvalue weighted by molar-refractivity contribution is -0.142. The molecule has 0 aromatic heterocycles. The van der Waals surface area contributed by atoms with Crippen molar-refractivity contribution in [2.24, 2.45) is 5.92 Å². The Labute approximate surface area is 151 Å². The second kappa shape index (κ2) is 7.43. The van der Waals surface area contributed by atoms with Gasteiger partial charge in [0, 0.05) is 18.4 Å². The van der Waals surface area contributed by atoms with Gasteiger partial charge in [-0.05, 0) is 31.4 Å². The van der Waals surface area contributed by atoms with Crippen LogP contribution in [0.4, 0.5) is 5.69 Å². The summed E-state index contributed by atoms with van der Waals surface area (Å²) in [7, 11) is 0. The Hall–Kier alpha value is -3.09. The number of esters is 1.